The molecule has 0 bridgehead atoms. The summed E-state index contributed by atoms with van der Waals surface area (Å²) in [5, 5.41) is 12.5. The van der Waals surface area contributed by atoms with Crippen molar-refractivity contribution in [2.45, 2.75) is 39.0 Å². The predicted octanol–water partition coefficient (Wildman–Crippen LogP) is 1.78. The van der Waals surface area contributed by atoms with E-state index in [4.69, 9.17) is 0 Å². The molecule has 2 atom stereocenters. The molecular weight excluding hydrogens is 162 g/mol. The Morgan fingerprint density at radius 1 is 1.31 bits per heavy atom. The second-order valence-electron chi connectivity index (χ2n) is 4.19. The lowest BCUT2D eigenvalue weighted by Gasteiger charge is -2.30. The lowest BCUT2D eigenvalue weighted by molar-refractivity contribution is 0.138. The molecule has 0 amide bonds. The maximum atomic E-state index is 9.18. The quantitative estimate of drug-likeness (QED) is 0.640. The van der Waals surface area contributed by atoms with Gasteiger partial charge in [0, 0.05) is 13.2 Å². The first-order chi connectivity index (χ1) is 6.38. The Bertz CT molecular complexity index is 127. The smallest absolute Gasteiger partial charge is 0.0474 e. The van der Waals surface area contributed by atoms with Crippen molar-refractivity contribution in [2.24, 2.45) is 11.8 Å². The summed E-state index contributed by atoms with van der Waals surface area (Å²) in [6.45, 7) is 4.77. The van der Waals surface area contributed by atoms with Gasteiger partial charge >= 0.3 is 0 Å². The number of aliphatic hydroxyl groups excluding tert-OH is 1. The summed E-state index contributed by atoms with van der Waals surface area (Å²) in [4.78, 5) is 0. The lowest BCUT2D eigenvalue weighted by atomic mass is 9.83. The molecule has 1 heterocycles. The van der Waals surface area contributed by atoms with E-state index in [0.717, 1.165) is 19.0 Å². The number of aliphatic hydroxyl groups is 1. The average Bonchev–Trinajstić information content (AvgIpc) is 2.19. The van der Waals surface area contributed by atoms with Gasteiger partial charge < -0.3 is 10.4 Å². The van der Waals surface area contributed by atoms with Crippen LogP contribution in [0.3, 0.4) is 0 Å². The zero-order valence-electron chi connectivity index (χ0n) is 8.76. The van der Waals surface area contributed by atoms with Crippen LogP contribution in [0.1, 0.15) is 39.0 Å². The van der Waals surface area contributed by atoms with Crippen LogP contribution in [-0.4, -0.2) is 24.8 Å². The normalized spacial score (nSPS) is 29.1. The van der Waals surface area contributed by atoms with Crippen LogP contribution in [0.4, 0.5) is 0 Å². The summed E-state index contributed by atoms with van der Waals surface area (Å²) < 4.78 is 0. The Kier molecular flexibility index (Phi) is 5.40. The van der Waals surface area contributed by atoms with Gasteiger partial charge in [-0.3, -0.25) is 0 Å². The summed E-state index contributed by atoms with van der Waals surface area (Å²) in [6.07, 6.45) is 6.57. The second kappa shape index (κ2) is 6.39. The fourth-order valence-corrected chi connectivity index (χ4v) is 2.23. The van der Waals surface area contributed by atoms with Gasteiger partial charge in [-0.05, 0) is 24.8 Å². The van der Waals surface area contributed by atoms with E-state index in [-0.39, 0.29) is 0 Å². The van der Waals surface area contributed by atoms with Crippen molar-refractivity contribution >= 4 is 0 Å². The summed E-state index contributed by atoms with van der Waals surface area (Å²) in [7, 11) is 0. The summed E-state index contributed by atoms with van der Waals surface area (Å²) in [6, 6.07) is 0. The van der Waals surface area contributed by atoms with Crippen LogP contribution in [0.2, 0.25) is 0 Å². The molecule has 2 nitrogen and oxygen atoms in total. The predicted molar refractivity (Wildman–Crippen MR) is 55.7 cm³/mol. The molecule has 0 saturated carbocycles. The van der Waals surface area contributed by atoms with E-state index in [1.807, 2.05) is 0 Å². The highest BCUT2D eigenvalue weighted by Gasteiger charge is 2.23. The van der Waals surface area contributed by atoms with E-state index < -0.39 is 0 Å². The first-order valence-electron chi connectivity index (χ1n) is 5.70. The van der Waals surface area contributed by atoms with Crippen molar-refractivity contribution in [3.63, 3.8) is 0 Å². The van der Waals surface area contributed by atoms with E-state index in [1.54, 1.807) is 0 Å². The molecule has 1 rings (SSSR count). The van der Waals surface area contributed by atoms with Gasteiger partial charge in [0.1, 0.15) is 0 Å². The number of unbranched alkanes of at least 4 members (excludes halogenated alkanes) is 2. The Morgan fingerprint density at radius 3 is 2.85 bits per heavy atom. The van der Waals surface area contributed by atoms with Gasteiger partial charge in [-0.15, -0.1) is 0 Å². The van der Waals surface area contributed by atoms with Crippen molar-refractivity contribution in [1.29, 1.82) is 0 Å². The number of piperidine rings is 1. The molecule has 0 aromatic carbocycles. The SMILES string of the molecule is CCCCCC1CCNCC1CO. The zero-order chi connectivity index (χ0) is 9.52. The van der Waals surface area contributed by atoms with E-state index in [9.17, 15) is 5.11 Å². The zero-order valence-corrected chi connectivity index (χ0v) is 8.76. The highest BCUT2D eigenvalue weighted by Crippen LogP contribution is 2.24. The third-order valence-electron chi connectivity index (χ3n) is 3.18. The molecule has 0 spiro atoms. The fourth-order valence-electron chi connectivity index (χ4n) is 2.23. The average molecular weight is 185 g/mol. The van der Waals surface area contributed by atoms with Gasteiger partial charge in [-0.25, -0.2) is 0 Å². The molecule has 78 valence electrons. The van der Waals surface area contributed by atoms with Crippen molar-refractivity contribution in [2.75, 3.05) is 19.7 Å². The van der Waals surface area contributed by atoms with Crippen LogP contribution >= 0.6 is 0 Å². The van der Waals surface area contributed by atoms with Gasteiger partial charge in [0.05, 0.1) is 0 Å². The number of rotatable bonds is 5. The third-order valence-corrected chi connectivity index (χ3v) is 3.18. The first kappa shape index (κ1) is 11.0. The molecule has 0 aliphatic carbocycles. The molecule has 1 aliphatic rings. The Balaban J connectivity index is 2.19. The van der Waals surface area contributed by atoms with Crippen molar-refractivity contribution in [3.05, 3.63) is 0 Å². The standard InChI is InChI=1S/C11H23NO/c1-2-3-4-5-10-6-7-12-8-11(10)9-13/h10-13H,2-9H2,1H3. The van der Waals surface area contributed by atoms with E-state index in [0.29, 0.717) is 12.5 Å². The van der Waals surface area contributed by atoms with Crippen molar-refractivity contribution in [3.8, 4) is 0 Å². The molecule has 2 N–H and O–H groups in total. The fraction of sp³-hybridized carbons (Fsp3) is 1.00. The minimum Gasteiger partial charge on any atom is -0.396 e. The van der Waals surface area contributed by atoms with Crippen molar-refractivity contribution < 1.29 is 5.11 Å². The number of hydrogen-bond donors (Lipinski definition) is 2. The highest BCUT2D eigenvalue weighted by molar-refractivity contribution is 4.77. The van der Waals surface area contributed by atoms with Gasteiger partial charge in [-0.1, -0.05) is 32.6 Å². The molecule has 1 aliphatic heterocycles. The molecule has 0 radical (unpaired) electrons. The minimum absolute atomic E-state index is 0.365. The monoisotopic (exact) mass is 185 g/mol. The van der Waals surface area contributed by atoms with Gasteiger partial charge in [0.25, 0.3) is 0 Å². The maximum absolute atomic E-state index is 9.18. The van der Waals surface area contributed by atoms with Gasteiger partial charge in [0.15, 0.2) is 0 Å². The molecule has 2 heteroatoms. The maximum Gasteiger partial charge on any atom is 0.0474 e. The molecule has 2 unspecified atom stereocenters. The van der Waals surface area contributed by atoms with Gasteiger partial charge in [0.2, 0.25) is 0 Å². The number of hydrogen-bond acceptors (Lipinski definition) is 2. The second-order valence-corrected chi connectivity index (χ2v) is 4.19. The van der Waals surface area contributed by atoms with Crippen LogP contribution < -0.4 is 5.32 Å². The topological polar surface area (TPSA) is 32.3 Å². The summed E-state index contributed by atoms with van der Waals surface area (Å²) in [5.41, 5.74) is 0. The Labute approximate surface area is 81.7 Å². The van der Waals surface area contributed by atoms with Crippen molar-refractivity contribution in [1.82, 2.24) is 5.32 Å². The molecule has 1 fully saturated rings. The van der Waals surface area contributed by atoms with Crippen LogP contribution in [-0.2, 0) is 0 Å². The molecule has 1 saturated heterocycles. The molecule has 13 heavy (non-hydrogen) atoms. The molecular formula is C11H23NO. The Morgan fingerprint density at radius 2 is 2.15 bits per heavy atom. The number of nitrogens with one attached hydrogen (secondary N) is 1. The van der Waals surface area contributed by atoms with Crippen LogP contribution in [0.15, 0.2) is 0 Å². The van der Waals surface area contributed by atoms with E-state index in [1.165, 1.54) is 32.1 Å². The third kappa shape index (κ3) is 3.65. The van der Waals surface area contributed by atoms with Crippen LogP contribution in [0.5, 0.6) is 0 Å². The highest BCUT2D eigenvalue weighted by atomic mass is 16.3. The minimum atomic E-state index is 0.365. The largest absolute Gasteiger partial charge is 0.396 e. The summed E-state index contributed by atoms with van der Waals surface area (Å²) in [5.74, 6) is 1.29. The Hall–Kier alpha value is -0.0800. The molecule has 0 aromatic rings. The van der Waals surface area contributed by atoms with Gasteiger partial charge in [-0.2, -0.15) is 0 Å². The molecule has 0 aromatic heterocycles. The van der Waals surface area contributed by atoms with Crippen LogP contribution in [0, 0.1) is 11.8 Å². The summed E-state index contributed by atoms with van der Waals surface area (Å²) >= 11 is 0. The van der Waals surface area contributed by atoms with E-state index in [2.05, 4.69) is 12.2 Å². The van der Waals surface area contributed by atoms with Crippen LogP contribution in [0.25, 0.3) is 0 Å². The first-order valence-corrected chi connectivity index (χ1v) is 5.70. The van der Waals surface area contributed by atoms with E-state index >= 15 is 0 Å². The lowest BCUT2D eigenvalue weighted by Crippen LogP contribution is -2.38.